The van der Waals surface area contributed by atoms with Crippen molar-refractivity contribution in [1.82, 2.24) is 0 Å². The molecule has 2 aliphatic rings. The highest BCUT2D eigenvalue weighted by atomic mass is 32.2. The zero-order valence-corrected chi connectivity index (χ0v) is 12.9. The number of carbonyl (C=O) groups excluding carboxylic acids is 1. The molecule has 0 spiro atoms. The number of halogens is 1. The van der Waals surface area contributed by atoms with Crippen molar-refractivity contribution in [3.63, 3.8) is 0 Å². The van der Waals surface area contributed by atoms with Gasteiger partial charge in [0.05, 0.1) is 17.9 Å². The number of amides is 1. The molecule has 2 aliphatic heterocycles. The lowest BCUT2D eigenvalue weighted by Gasteiger charge is -2.24. The smallest absolute Gasteiger partial charge is 0.414 e. The van der Waals surface area contributed by atoms with Crippen molar-refractivity contribution < 1.29 is 13.9 Å². The van der Waals surface area contributed by atoms with E-state index in [2.05, 4.69) is 4.90 Å². The van der Waals surface area contributed by atoms with Crippen LogP contribution in [0.25, 0.3) is 0 Å². The van der Waals surface area contributed by atoms with Crippen LogP contribution in [-0.4, -0.2) is 43.3 Å². The molecule has 2 saturated heterocycles. The van der Waals surface area contributed by atoms with Crippen LogP contribution in [0.1, 0.15) is 13.3 Å². The molecule has 2 fully saturated rings. The third-order valence-corrected chi connectivity index (χ3v) is 4.82. The van der Waals surface area contributed by atoms with Gasteiger partial charge in [0.1, 0.15) is 11.9 Å². The molecule has 1 amide bonds. The minimum atomic E-state index is -0.402. The number of rotatable bonds is 2. The third-order valence-electron chi connectivity index (χ3n) is 3.77. The first-order chi connectivity index (χ1) is 10.1. The van der Waals surface area contributed by atoms with Gasteiger partial charge < -0.3 is 9.64 Å². The molecule has 4 nitrogen and oxygen atoms in total. The van der Waals surface area contributed by atoms with Gasteiger partial charge in [-0.3, -0.25) is 4.90 Å². The molecule has 6 heteroatoms. The number of ether oxygens (including phenoxy) is 1. The van der Waals surface area contributed by atoms with Crippen LogP contribution in [0.5, 0.6) is 0 Å². The maximum absolute atomic E-state index is 14.4. The number of anilines is 2. The van der Waals surface area contributed by atoms with E-state index < -0.39 is 6.09 Å². The number of hydrogen-bond acceptors (Lipinski definition) is 4. The Morgan fingerprint density at radius 3 is 2.90 bits per heavy atom. The zero-order chi connectivity index (χ0) is 14.8. The molecule has 114 valence electrons. The Kier molecular flexibility index (Phi) is 4.24. The maximum atomic E-state index is 14.4. The van der Waals surface area contributed by atoms with Gasteiger partial charge in [-0.2, -0.15) is 11.8 Å². The van der Waals surface area contributed by atoms with E-state index in [-0.39, 0.29) is 11.9 Å². The number of carbonyl (C=O) groups is 1. The minimum Gasteiger partial charge on any atom is -0.444 e. The SMILES string of the molecule is C[C@@H]1CN(c2ccc(N3CCCSCC3)c(F)c2)C(=O)O1. The lowest BCUT2D eigenvalue weighted by molar-refractivity contribution is 0.150. The Morgan fingerprint density at radius 1 is 1.33 bits per heavy atom. The van der Waals surface area contributed by atoms with Crippen molar-refractivity contribution in [2.24, 2.45) is 0 Å². The second-order valence-corrected chi connectivity index (χ2v) is 6.62. The Labute approximate surface area is 128 Å². The van der Waals surface area contributed by atoms with Crippen molar-refractivity contribution in [2.75, 3.05) is 40.9 Å². The van der Waals surface area contributed by atoms with Gasteiger partial charge in [0.15, 0.2) is 0 Å². The summed E-state index contributed by atoms with van der Waals surface area (Å²) in [4.78, 5) is 15.3. The average molecular weight is 310 g/mol. The Hall–Kier alpha value is -1.43. The maximum Gasteiger partial charge on any atom is 0.414 e. The number of cyclic esters (lactones) is 1. The lowest BCUT2D eigenvalue weighted by Crippen LogP contribution is -2.27. The Bertz CT molecular complexity index is 532. The molecule has 1 atom stereocenters. The topological polar surface area (TPSA) is 32.8 Å². The van der Waals surface area contributed by atoms with Gasteiger partial charge in [-0.05, 0) is 37.3 Å². The van der Waals surface area contributed by atoms with Gasteiger partial charge in [0.2, 0.25) is 0 Å². The molecule has 2 heterocycles. The highest BCUT2D eigenvalue weighted by Crippen LogP contribution is 2.28. The van der Waals surface area contributed by atoms with Crippen LogP contribution in [0.15, 0.2) is 18.2 Å². The molecule has 0 saturated carbocycles. The van der Waals surface area contributed by atoms with E-state index in [9.17, 15) is 9.18 Å². The summed E-state index contributed by atoms with van der Waals surface area (Å²) >= 11 is 1.91. The largest absolute Gasteiger partial charge is 0.444 e. The standard InChI is InChI=1S/C15H19FN2O2S/c1-11-10-18(15(19)20-11)12-3-4-14(13(16)9-12)17-5-2-7-21-8-6-17/h3-4,9,11H,2,5-8,10H2,1H3/t11-/m1/s1. The van der Waals surface area contributed by atoms with Gasteiger partial charge in [-0.15, -0.1) is 0 Å². The molecule has 0 bridgehead atoms. The summed E-state index contributed by atoms with van der Waals surface area (Å²) in [6, 6.07) is 5.01. The van der Waals surface area contributed by atoms with E-state index in [1.807, 2.05) is 18.7 Å². The fraction of sp³-hybridized carbons (Fsp3) is 0.533. The molecule has 0 unspecified atom stereocenters. The zero-order valence-electron chi connectivity index (χ0n) is 12.0. The van der Waals surface area contributed by atoms with Crippen LogP contribution in [0.4, 0.5) is 20.6 Å². The van der Waals surface area contributed by atoms with Crippen molar-refractivity contribution in [2.45, 2.75) is 19.4 Å². The monoisotopic (exact) mass is 310 g/mol. The van der Waals surface area contributed by atoms with Gasteiger partial charge in [-0.25, -0.2) is 9.18 Å². The number of benzene rings is 1. The minimum absolute atomic E-state index is 0.150. The molecule has 1 aromatic rings. The van der Waals surface area contributed by atoms with Crippen molar-refractivity contribution in [3.8, 4) is 0 Å². The second-order valence-electron chi connectivity index (χ2n) is 5.39. The molecular weight excluding hydrogens is 291 g/mol. The molecule has 0 aliphatic carbocycles. The summed E-state index contributed by atoms with van der Waals surface area (Å²) in [7, 11) is 0. The van der Waals surface area contributed by atoms with Gasteiger partial charge >= 0.3 is 6.09 Å². The fourth-order valence-electron chi connectivity index (χ4n) is 2.72. The van der Waals surface area contributed by atoms with Gasteiger partial charge in [-0.1, -0.05) is 0 Å². The van der Waals surface area contributed by atoms with E-state index in [0.29, 0.717) is 17.9 Å². The fourth-order valence-corrected chi connectivity index (χ4v) is 3.61. The highest BCUT2D eigenvalue weighted by Gasteiger charge is 2.30. The van der Waals surface area contributed by atoms with E-state index in [1.54, 1.807) is 12.1 Å². The average Bonchev–Trinajstić information content (AvgIpc) is 2.67. The van der Waals surface area contributed by atoms with E-state index in [0.717, 1.165) is 31.0 Å². The van der Waals surface area contributed by atoms with Crippen molar-refractivity contribution in [1.29, 1.82) is 0 Å². The summed E-state index contributed by atoms with van der Waals surface area (Å²) in [5, 5.41) is 0. The molecule has 1 aromatic carbocycles. The molecule has 0 radical (unpaired) electrons. The summed E-state index contributed by atoms with van der Waals surface area (Å²) in [5.41, 5.74) is 1.19. The lowest BCUT2D eigenvalue weighted by atomic mass is 10.2. The van der Waals surface area contributed by atoms with Crippen LogP contribution < -0.4 is 9.80 Å². The van der Waals surface area contributed by atoms with Crippen LogP contribution in [-0.2, 0) is 4.74 Å². The summed E-state index contributed by atoms with van der Waals surface area (Å²) in [6.07, 6.45) is 0.519. The number of thioether (sulfide) groups is 1. The number of hydrogen-bond donors (Lipinski definition) is 0. The van der Waals surface area contributed by atoms with Crippen LogP contribution in [0, 0.1) is 5.82 Å². The van der Waals surface area contributed by atoms with Crippen LogP contribution >= 0.6 is 11.8 Å². The first-order valence-electron chi connectivity index (χ1n) is 7.25. The van der Waals surface area contributed by atoms with E-state index in [1.165, 1.54) is 11.0 Å². The van der Waals surface area contributed by atoms with Crippen LogP contribution in [0.3, 0.4) is 0 Å². The van der Waals surface area contributed by atoms with E-state index >= 15 is 0 Å². The highest BCUT2D eigenvalue weighted by molar-refractivity contribution is 7.99. The third kappa shape index (κ3) is 3.10. The normalized spacial score (nSPS) is 23.1. The summed E-state index contributed by atoms with van der Waals surface area (Å²) in [6.45, 7) is 4.05. The second kappa shape index (κ2) is 6.13. The predicted octanol–water partition coefficient (Wildman–Crippen LogP) is 3.11. The van der Waals surface area contributed by atoms with Crippen molar-refractivity contribution >= 4 is 29.2 Å². The van der Waals surface area contributed by atoms with Crippen molar-refractivity contribution in [3.05, 3.63) is 24.0 Å². The first kappa shape index (κ1) is 14.5. The number of nitrogens with zero attached hydrogens (tertiary/aromatic N) is 2. The van der Waals surface area contributed by atoms with Gasteiger partial charge in [0.25, 0.3) is 0 Å². The molecule has 0 aromatic heterocycles. The van der Waals surface area contributed by atoms with Crippen LogP contribution in [0.2, 0.25) is 0 Å². The molecule has 21 heavy (non-hydrogen) atoms. The van der Waals surface area contributed by atoms with Gasteiger partial charge in [0, 0.05) is 18.8 Å². The predicted molar refractivity (Wildman–Crippen MR) is 83.8 cm³/mol. The quantitative estimate of drug-likeness (QED) is 0.840. The molecule has 0 N–H and O–H groups in total. The molecule has 3 rings (SSSR count). The Morgan fingerprint density at radius 2 is 2.19 bits per heavy atom. The molecular formula is C15H19FN2O2S. The summed E-state index contributed by atoms with van der Waals surface area (Å²) < 4.78 is 19.5. The first-order valence-corrected chi connectivity index (χ1v) is 8.41. The van der Waals surface area contributed by atoms with E-state index in [4.69, 9.17) is 4.74 Å². The Balaban J connectivity index is 1.81. The summed E-state index contributed by atoms with van der Waals surface area (Å²) in [5.74, 6) is 1.89.